The largest absolute Gasteiger partial charge is 0.294 e. The summed E-state index contributed by atoms with van der Waals surface area (Å²) < 4.78 is 0. The molecule has 0 aromatic carbocycles. The van der Waals surface area contributed by atoms with Crippen LogP contribution in [0.5, 0.6) is 0 Å². The summed E-state index contributed by atoms with van der Waals surface area (Å²) in [7, 11) is 0. The number of hydrogen-bond acceptors (Lipinski definition) is 2. The quantitative estimate of drug-likeness (QED) is 0.316. The van der Waals surface area contributed by atoms with Gasteiger partial charge in [-0.05, 0) is 6.92 Å². The summed E-state index contributed by atoms with van der Waals surface area (Å²) in [5.41, 5.74) is 0.344. The van der Waals surface area contributed by atoms with Gasteiger partial charge in [0, 0.05) is 18.2 Å². The van der Waals surface area contributed by atoms with Crippen molar-refractivity contribution in [2.75, 3.05) is 5.33 Å². The zero-order chi connectivity index (χ0) is 9.56. The summed E-state index contributed by atoms with van der Waals surface area (Å²) in [4.78, 5) is 22.4. The van der Waals surface area contributed by atoms with Gasteiger partial charge in [0.05, 0.1) is 5.57 Å². The molecule has 0 aliphatic rings. The molecule has 12 heavy (non-hydrogen) atoms. The average Bonchev–Trinajstić information content (AvgIpc) is 2.06. The fraction of sp³-hybridized carbons (Fsp3) is 0.556. The molecule has 0 saturated carbocycles. The van der Waals surface area contributed by atoms with Crippen molar-refractivity contribution in [1.82, 2.24) is 0 Å². The van der Waals surface area contributed by atoms with E-state index in [1.165, 1.54) is 0 Å². The Labute approximate surface area is 81.2 Å². The second-order valence-electron chi connectivity index (χ2n) is 2.34. The minimum Gasteiger partial charge on any atom is -0.294 e. The standard InChI is InChI=1S/C9H13BrO2/c1-3-7(8(11)4-2)9(12)5-6-10/h3H,4-6H2,1-2H3/b7-3+. The van der Waals surface area contributed by atoms with Crippen LogP contribution < -0.4 is 0 Å². The third kappa shape index (κ3) is 3.30. The summed E-state index contributed by atoms with van der Waals surface area (Å²) in [6.45, 7) is 3.47. The molecule has 0 aliphatic carbocycles. The van der Waals surface area contributed by atoms with Crippen molar-refractivity contribution in [3.63, 3.8) is 0 Å². The van der Waals surface area contributed by atoms with Gasteiger partial charge < -0.3 is 0 Å². The summed E-state index contributed by atoms with van der Waals surface area (Å²) in [6, 6.07) is 0. The Bertz CT molecular complexity index is 207. The van der Waals surface area contributed by atoms with E-state index in [-0.39, 0.29) is 11.6 Å². The number of alkyl halides is 1. The molecule has 68 valence electrons. The average molecular weight is 233 g/mol. The van der Waals surface area contributed by atoms with E-state index in [1.54, 1.807) is 19.9 Å². The van der Waals surface area contributed by atoms with Gasteiger partial charge in [-0.2, -0.15) is 0 Å². The lowest BCUT2D eigenvalue weighted by molar-refractivity contribution is -0.121. The molecule has 0 aliphatic heterocycles. The van der Waals surface area contributed by atoms with Gasteiger partial charge in [-0.15, -0.1) is 0 Å². The van der Waals surface area contributed by atoms with Crippen molar-refractivity contribution in [3.8, 4) is 0 Å². The summed E-state index contributed by atoms with van der Waals surface area (Å²) in [6.07, 6.45) is 2.38. The van der Waals surface area contributed by atoms with Crippen LogP contribution >= 0.6 is 15.9 Å². The maximum Gasteiger partial charge on any atom is 0.166 e. The number of ketones is 2. The molecule has 3 heteroatoms. The third-order valence-electron chi connectivity index (χ3n) is 1.53. The lowest BCUT2D eigenvalue weighted by atomic mass is 10.0. The number of Topliss-reactive ketones (excluding diaryl/α,β-unsaturated/α-hetero) is 2. The topological polar surface area (TPSA) is 34.1 Å². The Hall–Kier alpha value is -0.440. The highest BCUT2D eigenvalue weighted by Gasteiger charge is 2.13. The number of carbonyl (C=O) groups excluding carboxylic acids is 2. The van der Waals surface area contributed by atoms with Crippen molar-refractivity contribution < 1.29 is 9.59 Å². The predicted molar refractivity (Wildman–Crippen MR) is 52.5 cm³/mol. The SMILES string of the molecule is C/C=C(\C(=O)CC)C(=O)CCBr. The maximum atomic E-state index is 11.3. The summed E-state index contributed by atoms with van der Waals surface area (Å²) in [5.74, 6) is -0.135. The molecular formula is C9H13BrO2. The minimum atomic E-state index is -0.0683. The Morgan fingerprint density at radius 1 is 1.33 bits per heavy atom. The smallest absolute Gasteiger partial charge is 0.166 e. The molecule has 0 aromatic heterocycles. The highest BCUT2D eigenvalue weighted by Crippen LogP contribution is 2.05. The molecule has 0 heterocycles. The molecule has 0 N–H and O–H groups in total. The second kappa shape index (κ2) is 6.12. The van der Waals surface area contributed by atoms with Crippen LogP contribution in [0.2, 0.25) is 0 Å². The van der Waals surface area contributed by atoms with Crippen LogP contribution in [0.3, 0.4) is 0 Å². The van der Waals surface area contributed by atoms with E-state index in [1.807, 2.05) is 0 Å². The number of carbonyl (C=O) groups is 2. The molecule has 0 spiro atoms. The fourth-order valence-corrected chi connectivity index (χ4v) is 1.25. The first kappa shape index (κ1) is 11.6. The van der Waals surface area contributed by atoms with Gasteiger partial charge in [0.15, 0.2) is 11.6 Å². The van der Waals surface area contributed by atoms with Crippen molar-refractivity contribution >= 4 is 27.5 Å². The van der Waals surface area contributed by atoms with Gasteiger partial charge in [0.2, 0.25) is 0 Å². The zero-order valence-corrected chi connectivity index (χ0v) is 8.98. The molecule has 0 unspecified atom stereocenters. The number of rotatable bonds is 5. The van der Waals surface area contributed by atoms with Crippen molar-refractivity contribution in [3.05, 3.63) is 11.6 Å². The lowest BCUT2D eigenvalue weighted by Crippen LogP contribution is -2.12. The Morgan fingerprint density at radius 2 is 1.92 bits per heavy atom. The normalized spacial score (nSPS) is 11.4. The highest BCUT2D eigenvalue weighted by atomic mass is 79.9. The summed E-state index contributed by atoms with van der Waals surface area (Å²) in [5, 5.41) is 0.611. The van der Waals surface area contributed by atoms with Crippen LogP contribution in [0.15, 0.2) is 11.6 Å². The monoisotopic (exact) mass is 232 g/mol. The van der Waals surface area contributed by atoms with Crippen LogP contribution in [-0.2, 0) is 9.59 Å². The van der Waals surface area contributed by atoms with Gasteiger partial charge in [0.25, 0.3) is 0 Å². The van der Waals surface area contributed by atoms with Crippen LogP contribution in [-0.4, -0.2) is 16.9 Å². The Morgan fingerprint density at radius 3 is 2.25 bits per heavy atom. The van der Waals surface area contributed by atoms with Crippen molar-refractivity contribution in [2.24, 2.45) is 0 Å². The van der Waals surface area contributed by atoms with Gasteiger partial charge >= 0.3 is 0 Å². The van der Waals surface area contributed by atoms with Gasteiger partial charge in [-0.3, -0.25) is 9.59 Å². The van der Waals surface area contributed by atoms with E-state index in [0.717, 1.165) is 0 Å². The molecule has 0 bridgehead atoms. The molecule has 0 aromatic rings. The Kier molecular flexibility index (Phi) is 5.89. The number of halogens is 1. The van der Waals surface area contributed by atoms with Crippen LogP contribution in [0.4, 0.5) is 0 Å². The van der Waals surface area contributed by atoms with Crippen LogP contribution in [0.1, 0.15) is 26.7 Å². The fourth-order valence-electron chi connectivity index (χ4n) is 0.888. The minimum absolute atomic E-state index is 0.0662. The van der Waals surface area contributed by atoms with Gasteiger partial charge in [0.1, 0.15) is 0 Å². The van der Waals surface area contributed by atoms with E-state index in [0.29, 0.717) is 23.7 Å². The highest BCUT2D eigenvalue weighted by molar-refractivity contribution is 9.09. The molecule has 0 saturated heterocycles. The summed E-state index contributed by atoms with van der Waals surface area (Å²) >= 11 is 3.16. The van der Waals surface area contributed by atoms with E-state index >= 15 is 0 Å². The van der Waals surface area contributed by atoms with E-state index in [9.17, 15) is 9.59 Å². The second-order valence-corrected chi connectivity index (χ2v) is 3.13. The number of allylic oxidation sites excluding steroid dienone is 2. The maximum absolute atomic E-state index is 11.3. The van der Waals surface area contributed by atoms with Crippen molar-refractivity contribution in [1.29, 1.82) is 0 Å². The molecule has 2 nitrogen and oxygen atoms in total. The zero-order valence-electron chi connectivity index (χ0n) is 7.39. The van der Waals surface area contributed by atoms with Crippen molar-refractivity contribution in [2.45, 2.75) is 26.7 Å². The van der Waals surface area contributed by atoms with Gasteiger partial charge in [-0.25, -0.2) is 0 Å². The molecule has 0 amide bonds. The number of hydrogen-bond donors (Lipinski definition) is 0. The van der Waals surface area contributed by atoms with Crippen LogP contribution in [0.25, 0.3) is 0 Å². The molecular weight excluding hydrogens is 220 g/mol. The first-order valence-corrected chi connectivity index (χ1v) is 5.08. The molecule has 0 atom stereocenters. The third-order valence-corrected chi connectivity index (χ3v) is 1.93. The predicted octanol–water partition coefficient (Wildman–Crippen LogP) is 2.27. The lowest BCUT2D eigenvalue weighted by Gasteiger charge is -2.00. The van der Waals surface area contributed by atoms with Gasteiger partial charge in [-0.1, -0.05) is 28.9 Å². The molecule has 0 fully saturated rings. The first-order valence-electron chi connectivity index (χ1n) is 3.96. The van der Waals surface area contributed by atoms with E-state index in [4.69, 9.17) is 0 Å². The molecule has 0 rings (SSSR count). The molecule has 0 radical (unpaired) electrons. The first-order chi connectivity index (χ1) is 5.67. The van der Waals surface area contributed by atoms with E-state index in [2.05, 4.69) is 15.9 Å². The van der Waals surface area contributed by atoms with E-state index < -0.39 is 0 Å². The Balaban J connectivity index is 4.37. The van der Waals surface area contributed by atoms with Crippen LogP contribution in [0, 0.1) is 0 Å².